The van der Waals surface area contributed by atoms with Crippen LogP contribution in [0.2, 0.25) is 19.1 Å². The van der Waals surface area contributed by atoms with E-state index in [0.29, 0.717) is 17.1 Å². The molecular weight excluding hydrogens is 410 g/mol. The summed E-state index contributed by atoms with van der Waals surface area (Å²) in [7, 11) is 0.700. The summed E-state index contributed by atoms with van der Waals surface area (Å²) < 4.78 is 11.7. The molecule has 2 aromatic rings. The van der Waals surface area contributed by atoms with Crippen molar-refractivity contribution in [1.82, 2.24) is 0 Å². The minimum Gasteiger partial charge on any atom is -0.454 e. The van der Waals surface area contributed by atoms with Crippen LogP contribution >= 0.6 is 15.9 Å². The Labute approximate surface area is 163 Å². The van der Waals surface area contributed by atoms with Crippen molar-refractivity contribution < 1.29 is 14.3 Å². The Kier molecular flexibility index (Phi) is 4.35. The van der Waals surface area contributed by atoms with Crippen molar-refractivity contribution in [2.75, 3.05) is 18.7 Å². The highest BCUT2D eigenvalue weighted by molar-refractivity contribution is 9.10. The van der Waals surface area contributed by atoms with E-state index in [-0.39, 0.29) is 12.7 Å². The first-order valence-corrected chi connectivity index (χ1v) is 13.0. The Morgan fingerprint density at radius 2 is 1.88 bits per heavy atom. The van der Waals surface area contributed by atoms with E-state index < -0.39 is 8.07 Å². The van der Waals surface area contributed by atoms with Gasteiger partial charge in [-0.05, 0) is 69.9 Å². The number of carbonyl (C=O) groups is 1. The largest absolute Gasteiger partial charge is 0.454 e. The number of rotatable bonds is 2. The second-order valence-corrected chi connectivity index (χ2v) is 13.9. The SMILES string of the molecule is CN(C(=O)c1ccc2c(c1)OCO2)c1cc2c(cc1Br)C[Si](C)(C)CC2. The van der Waals surface area contributed by atoms with Crippen molar-refractivity contribution in [2.45, 2.75) is 31.6 Å². The number of aryl methyl sites for hydroxylation is 1. The molecule has 0 aliphatic carbocycles. The maximum atomic E-state index is 13.0. The van der Waals surface area contributed by atoms with Gasteiger partial charge in [-0.2, -0.15) is 0 Å². The molecule has 2 aliphatic rings. The van der Waals surface area contributed by atoms with Gasteiger partial charge in [-0.15, -0.1) is 0 Å². The fourth-order valence-electron chi connectivity index (χ4n) is 3.71. The Balaban J connectivity index is 1.64. The lowest BCUT2D eigenvalue weighted by molar-refractivity contribution is 0.0992. The number of hydrogen-bond acceptors (Lipinski definition) is 3. The maximum absolute atomic E-state index is 13.0. The molecule has 0 spiro atoms. The van der Waals surface area contributed by atoms with Gasteiger partial charge in [-0.1, -0.05) is 19.1 Å². The molecule has 6 heteroatoms. The van der Waals surface area contributed by atoms with Crippen LogP contribution < -0.4 is 14.4 Å². The quantitative estimate of drug-likeness (QED) is 0.640. The molecule has 0 fully saturated rings. The molecule has 0 aromatic heterocycles. The van der Waals surface area contributed by atoms with Crippen molar-refractivity contribution in [3.8, 4) is 11.5 Å². The lowest BCUT2D eigenvalue weighted by atomic mass is 10.0. The van der Waals surface area contributed by atoms with Gasteiger partial charge >= 0.3 is 0 Å². The standard InChI is InChI=1S/C20H22BrNO3Si/c1-22(20(23)14-4-5-18-19(10-14)25-12-24-18)17-9-13-6-7-26(2,3)11-15(13)8-16(17)21/h4-5,8-10H,6-7,11-12H2,1-3H3. The van der Waals surface area contributed by atoms with Gasteiger partial charge in [0.2, 0.25) is 6.79 Å². The second kappa shape index (κ2) is 6.42. The lowest BCUT2D eigenvalue weighted by Gasteiger charge is -2.31. The molecule has 2 aromatic carbocycles. The topological polar surface area (TPSA) is 38.8 Å². The molecule has 0 atom stereocenters. The fraction of sp³-hybridized carbons (Fsp3) is 0.350. The Bertz CT molecular complexity index is 897. The third kappa shape index (κ3) is 3.16. The van der Waals surface area contributed by atoms with Gasteiger partial charge in [0, 0.05) is 17.1 Å². The molecule has 26 heavy (non-hydrogen) atoms. The molecule has 0 radical (unpaired) electrons. The van der Waals surface area contributed by atoms with Crippen LogP contribution in [0.3, 0.4) is 0 Å². The predicted octanol–water partition coefficient (Wildman–Crippen LogP) is 4.80. The van der Waals surface area contributed by atoms with Gasteiger partial charge in [0.1, 0.15) is 0 Å². The molecule has 0 saturated carbocycles. The molecule has 2 aliphatic heterocycles. The number of fused-ring (bicyclic) bond motifs is 2. The van der Waals surface area contributed by atoms with Crippen LogP contribution in [0.1, 0.15) is 21.5 Å². The number of amides is 1. The van der Waals surface area contributed by atoms with Crippen LogP contribution in [0.5, 0.6) is 11.5 Å². The van der Waals surface area contributed by atoms with E-state index in [0.717, 1.165) is 16.6 Å². The van der Waals surface area contributed by atoms with E-state index in [2.05, 4.69) is 41.2 Å². The maximum Gasteiger partial charge on any atom is 0.258 e. The molecule has 2 heterocycles. The first kappa shape index (κ1) is 17.6. The van der Waals surface area contributed by atoms with E-state index in [1.165, 1.54) is 23.2 Å². The summed E-state index contributed by atoms with van der Waals surface area (Å²) in [4.78, 5) is 14.7. The Morgan fingerprint density at radius 1 is 1.12 bits per heavy atom. The van der Waals surface area contributed by atoms with Gasteiger partial charge in [0.25, 0.3) is 5.91 Å². The number of ether oxygens (including phenoxy) is 2. The third-order valence-corrected chi connectivity index (χ3v) is 8.87. The molecule has 0 N–H and O–H groups in total. The van der Waals surface area contributed by atoms with Gasteiger partial charge in [-0.3, -0.25) is 4.79 Å². The summed E-state index contributed by atoms with van der Waals surface area (Å²) >= 11 is 3.68. The molecular formula is C20H22BrNO3Si. The average molecular weight is 432 g/mol. The van der Waals surface area contributed by atoms with Gasteiger partial charge < -0.3 is 14.4 Å². The van der Waals surface area contributed by atoms with Crippen molar-refractivity contribution in [1.29, 1.82) is 0 Å². The smallest absolute Gasteiger partial charge is 0.258 e. The van der Waals surface area contributed by atoms with Crippen LogP contribution in [0.25, 0.3) is 0 Å². The van der Waals surface area contributed by atoms with Crippen molar-refractivity contribution in [3.05, 3.63) is 51.5 Å². The summed E-state index contributed by atoms with van der Waals surface area (Å²) in [6, 6.07) is 12.2. The van der Waals surface area contributed by atoms with Crippen molar-refractivity contribution in [2.24, 2.45) is 0 Å². The van der Waals surface area contributed by atoms with E-state index in [9.17, 15) is 4.79 Å². The molecule has 136 valence electrons. The van der Waals surface area contributed by atoms with Gasteiger partial charge in [0.05, 0.1) is 13.8 Å². The molecule has 0 bridgehead atoms. The summed E-state index contributed by atoms with van der Waals surface area (Å²) in [6.07, 6.45) is 1.11. The summed E-state index contributed by atoms with van der Waals surface area (Å²) in [5.41, 5.74) is 4.32. The molecule has 4 nitrogen and oxygen atoms in total. The number of halogens is 1. The molecule has 0 unspecified atom stereocenters. The number of hydrogen-bond donors (Lipinski definition) is 0. The molecule has 0 saturated heterocycles. The van der Waals surface area contributed by atoms with Crippen LogP contribution in [0.4, 0.5) is 5.69 Å². The van der Waals surface area contributed by atoms with E-state index in [1.54, 1.807) is 23.1 Å². The second-order valence-electron chi connectivity index (χ2n) is 7.85. The summed E-state index contributed by atoms with van der Waals surface area (Å²) in [5, 5.41) is 0. The molecule has 1 amide bonds. The van der Waals surface area contributed by atoms with Gasteiger partial charge in [-0.25, -0.2) is 0 Å². The van der Waals surface area contributed by atoms with Crippen molar-refractivity contribution in [3.63, 3.8) is 0 Å². The Morgan fingerprint density at radius 3 is 2.69 bits per heavy atom. The predicted molar refractivity (Wildman–Crippen MR) is 109 cm³/mol. The van der Waals surface area contributed by atoms with E-state index in [1.807, 2.05) is 7.05 Å². The normalized spacial score (nSPS) is 16.9. The fourth-order valence-corrected chi connectivity index (χ4v) is 6.85. The highest BCUT2D eigenvalue weighted by atomic mass is 79.9. The van der Waals surface area contributed by atoms with E-state index >= 15 is 0 Å². The van der Waals surface area contributed by atoms with Crippen LogP contribution in [-0.2, 0) is 12.5 Å². The number of nitrogens with zero attached hydrogens (tertiary/aromatic N) is 1. The minimum absolute atomic E-state index is 0.0607. The Hall–Kier alpha value is -1.79. The number of anilines is 1. The zero-order valence-electron chi connectivity index (χ0n) is 15.3. The van der Waals surface area contributed by atoms with Crippen LogP contribution in [-0.4, -0.2) is 27.8 Å². The number of benzene rings is 2. The number of carbonyl (C=O) groups excluding carboxylic acids is 1. The lowest BCUT2D eigenvalue weighted by Crippen LogP contribution is -2.34. The zero-order valence-corrected chi connectivity index (χ0v) is 17.9. The summed E-state index contributed by atoms with van der Waals surface area (Å²) in [5.74, 6) is 1.25. The minimum atomic E-state index is -1.12. The van der Waals surface area contributed by atoms with E-state index in [4.69, 9.17) is 9.47 Å². The summed E-state index contributed by atoms with van der Waals surface area (Å²) in [6.45, 7) is 5.11. The highest BCUT2D eigenvalue weighted by Gasteiger charge is 2.29. The highest BCUT2D eigenvalue weighted by Crippen LogP contribution is 2.37. The van der Waals surface area contributed by atoms with Crippen LogP contribution in [0, 0.1) is 0 Å². The third-order valence-electron chi connectivity index (χ3n) is 5.29. The molecule has 4 rings (SSSR count). The van der Waals surface area contributed by atoms with Crippen molar-refractivity contribution >= 4 is 35.6 Å². The van der Waals surface area contributed by atoms with Crippen LogP contribution in [0.15, 0.2) is 34.8 Å². The average Bonchev–Trinajstić information content (AvgIpc) is 3.06. The monoisotopic (exact) mass is 431 g/mol. The van der Waals surface area contributed by atoms with Gasteiger partial charge in [0.15, 0.2) is 11.5 Å². The zero-order chi connectivity index (χ0) is 18.5. The first-order chi connectivity index (χ1) is 12.3. The first-order valence-electron chi connectivity index (χ1n) is 8.83.